The fourth-order valence-corrected chi connectivity index (χ4v) is 3.46. The van der Waals surface area contributed by atoms with Gasteiger partial charge in [-0.2, -0.15) is 0 Å². The lowest BCUT2D eigenvalue weighted by Gasteiger charge is -2.18. The minimum absolute atomic E-state index is 0.0347. The first-order chi connectivity index (χ1) is 12.1. The third-order valence-corrected chi connectivity index (χ3v) is 5.23. The maximum atomic E-state index is 13.1. The van der Waals surface area contributed by atoms with Crippen LogP contribution in [0.1, 0.15) is 79.5 Å². The Hall–Kier alpha value is -1.95. The van der Waals surface area contributed by atoms with Gasteiger partial charge in [-0.15, -0.1) is 0 Å². The van der Waals surface area contributed by atoms with Gasteiger partial charge in [0.05, 0.1) is 16.6 Å². The van der Waals surface area contributed by atoms with Crippen LogP contribution in [0, 0.1) is 5.92 Å². The second kappa shape index (κ2) is 6.41. The van der Waals surface area contributed by atoms with Crippen molar-refractivity contribution in [3.05, 3.63) is 23.0 Å². The van der Waals surface area contributed by atoms with E-state index in [1.165, 1.54) is 0 Å². The molecule has 0 aliphatic heterocycles. The maximum Gasteiger partial charge on any atom is 0.259 e. The summed E-state index contributed by atoms with van der Waals surface area (Å²) in [7, 11) is 0. The van der Waals surface area contributed by atoms with Gasteiger partial charge in [-0.25, -0.2) is 4.98 Å². The number of aliphatic hydroxyl groups is 1. The van der Waals surface area contributed by atoms with Gasteiger partial charge < -0.3 is 14.9 Å². The van der Waals surface area contributed by atoms with Gasteiger partial charge >= 0.3 is 0 Å². The Bertz CT molecular complexity index is 791. The minimum Gasteiger partial charge on any atom is -0.396 e. The Morgan fingerprint density at radius 1 is 1.36 bits per heavy atom. The van der Waals surface area contributed by atoms with E-state index in [0.717, 1.165) is 42.5 Å². The quantitative estimate of drug-likeness (QED) is 0.806. The number of carbonyl (C=O) groups is 1. The molecular formula is C19H25N3O3. The number of hydrogen-bond donors (Lipinski definition) is 2. The van der Waals surface area contributed by atoms with Crippen LogP contribution in [0.3, 0.4) is 0 Å². The minimum atomic E-state index is -0.107. The van der Waals surface area contributed by atoms with Gasteiger partial charge in [-0.3, -0.25) is 4.79 Å². The lowest BCUT2D eigenvalue weighted by molar-refractivity contribution is 0.0925. The lowest BCUT2D eigenvalue weighted by Crippen LogP contribution is -2.37. The van der Waals surface area contributed by atoms with Gasteiger partial charge in [-0.05, 0) is 50.0 Å². The first-order valence-corrected chi connectivity index (χ1v) is 9.30. The van der Waals surface area contributed by atoms with Gasteiger partial charge in [0, 0.05) is 24.3 Å². The Labute approximate surface area is 147 Å². The van der Waals surface area contributed by atoms with E-state index in [2.05, 4.69) is 15.5 Å². The first kappa shape index (κ1) is 16.5. The van der Waals surface area contributed by atoms with E-state index < -0.39 is 0 Å². The highest BCUT2D eigenvalue weighted by atomic mass is 16.5. The van der Waals surface area contributed by atoms with Gasteiger partial charge in [0.1, 0.15) is 0 Å². The maximum absolute atomic E-state index is 13.1. The van der Waals surface area contributed by atoms with Crippen LogP contribution in [0.4, 0.5) is 0 Å². The molecule has 2 aromatic rings. The Kier molecular flexibility index (Phi) is 4.23. The molecule has 2 fully saturated rings. The Balaban J connectivity index is 1.72. The number of nitrogens with zero attached hydrogens (tertiary/aromatic N) is 2. The molecule has 0 aromatic carbocycles. The van der Waals surface area contributed by atoms with Crippen LogP contribution < -0.4 is 5.32 Å². The van der Waals surface area contributed by atoms with Crippen molar-refractivity contribution in [2.75, 3.05) is 6.61 Å². The van der Waals surface area contributed by atoms with E-state index in [1.807, 2.05) is 19.9 Å². The summed E-state index contributed by atoms with van der Waals surface area (Å²) in [4.78, 5) is 17.7. The molecule has 4 rings (SSSR count). The normalized spacial score (nSPS) is 18.7. The highest BCUT2D eigenvalue weighted by Crippen LogP contribution is 2.41. The summed E-state index contributed by atoms with van der Waals surface area (Å²) >= 11 is 0. The van der Waals surface area contributed by atoms with Crippen LogP contribution in [-0.2, 0) is 0 Å². The van der Waals surface area contributed by atoms with Crippen LogP contribution in [0.25, 0.3) is 11.1 Å². The molecule has 2 N–H and O–H groups in total. The summed E-state index contributed by atoms with van der Waals surface area (Å²) in [6.07, 6.45) is 5.06. The summed E-state index contributed by atoms with van der Waals surface area (Å²) in [5, 5.41) is 17.3. The third kappa shape index (κ3) is 3.27. The number of pyridine rings is 1. The molecule has 6 heteroatoms. The van der Waals surface area contributed by atoms with Crippen molar-refractivity contribution >= 4 is 17.0 Å². The van der Waals surface area contributed by atoms with Crippen LogP contribution >= 0.6 is 0 Å². The molecule has 2 saturated carbocycles. The zero-order chi connectivity index (χ0) is 17.6. The number of fused-ring (bicyclic) bond motifs is 1. The smallest absolute Gasteiger partial charge is 0.259 e. The van der Waals surface area contributed by atoms with E-state index in [-0.39, 0.29) is 24.5 Å². The van der Waals surface area contributed by atoms with Crippen molar-refractivity contribution in [1.29, 1.82) is 0 Å². The largest absolute Gasteiger partial charge is 0.396 e. The van der Waals surface area contributed by atoms with Gasteiger partial charge in [0.25, 0.3) is 11.6 Å². The monoisotopic (exact) mass is 343 g/mol. The predicted octanol–water partition coefficient (Wildman–Crippen LogP) is 3.11. The van der Waals surface area contributed by atoms with E-state index >= 15 is 0 Å². The Morgan fingerprint density at radius 2 is 2.12 bits per heavy atom. The van der Waals surface area contributed by atoms with Crippen LogP contribution in [0.15, 0.2) is 10.6 Å². The van der Waals surface area contributed by atoms with Crippen molar-refractivity contribution < 1.29 is 14.4 Å². The number of hydrogen-bond acceptors (Lipinski definition) is 5. The second-order valence-electron chi connectivity index (χ2n) is 7.70. The van der Waals surface area contributed by atoms with E-state index in [0.29, 0.717) is 29.5 Å². The van der Waals surface area contributed by atoms with Gasteiger partial charge in [0.15, 0.2) is 0 Å². The number of nitrogens with one attached hydrogen (secondary N) is 1. The number of aliphatic hydroxyl groups excluding tert-OH is 1. The van der Waals surface area contributed by atoms with Gasteiger partial charge in [-0.1, -0.05) is 19.0 Å². The average Bonchev–Trinajstić information content (AvgIpc) is 3.49. The van der Waals surface area contributed by atoms with Crippen LogP contribution in [0.2, 0.25) is 0 Å². The lowest BCUT2D eigenvalue weighted by atomic mass is 10.0. The van der Waals surface area contributed by atoms with Crippen molar-refractivity contribution in [2.24, 2.45) is 5.92 Å². The van der Waals surface area contributed by atoms with Crippen molar-refractivity contribution in [3.8, 4) is 0 Å². The molecule has 2 aromatic heterocycles. The summed E-state index contributed by atoms with van der Waals surface area (Å²) in [6, 6.07) is 1.95. The van der Waals surface area contributed by atoms with E-state index in [9.17, 15) is 9.90 Å². The average molecular weight is 343 g/mol. The number of aromatic nitrogens is 2. The SMILES string of the molecule is CC(C)c1noc2nc(C3CC3)cc(C(=O)NC(CCO)C3CC3)c12. The molecule has 1 atom stereocenters. The standard InChI is InChI=1S/C19H25N3O3/c1-10(2)17-16-13(18(24)20-14(7-8-23)11-3-4-11)9-15(12-5-6-12)21-19(16)25-22-17/h9-12,14,23H,3-8H2,1-2H3,(H,20,24). The van der Waals surface area contributed by atoms with Crippen molar-refractivity contribution in [3.63, 3.8) is 0 Å². The molecule has 0 saturated heterocycles. The van der Waals surface area contributed by atoms with E-state index in [1.54, 1.807) is 0 Å². The summed E-state index contributed by atoms with van der Waals surface area (Å²) in [5.41, 5.74) is 2.78. The molecule has 6 nitrogen and oxygen atoms in total. The predicted molar refractivity (Wildman–Crippen MR) is 93.5 cm³/mol. The van der Waals surface area contributed by atoms with Gasteiger partial charge in [0.2, 0.25) is 0 Å². The Morgan fingerprint density at radius 3 is 2.72 bits per heavy atom. The zero-order valence-electron chi connectivity index (χ0n) is 14.8. The molecule has 0 bridgehead atoms. The molecule has 1 amide bonds. The molecule has 2 heterocycles. The summed E-state index contributed by atoms with van der Waals surface area (Å²) in [6.45, 7) is 4.16. The molecular weight excluding hydrogens is 318 g/mol. The highest BCUT2D eigenvalue weighted by molar-refractivity contribution is 6.06. The molecule has 0 spiro atoms. The van der Waals surface area contributed by atoms with Crippen LogP contribution in [0.5, 0.6) is 0 Å². The fraction of sp³-hybridized carbons (Fsp3) is 0.632. The highest BCUT2D eigenvalue weighted by Gasteiger charge is 2.34. The topological polar surface area (TPSA) is 88.2 Å². The summed E-state index contributed by atoms with van der Waals surface area (Å²) < 4.78 is 5.45. The fourth-order valence-electron chi connectivity index (χ4n) is 3.46. The van der Waals surface area contributed by atoms with Crippen molar-refractivity contribution in [2.45, 2.75) is 63.8 Å². The molecule has 134 valence electrons. The molecule has 0 radical (unpaired) electrons. The molecule has 1 unspecified atom stereocenters. The number of amides is 1. The molecule has 25 heavy (non-hydrogen) atoms. The number of carbonyl (C=O) groups excluding carboxylic acids is 1. The second-order valence-corrected chi connectivity index (χ2v) is 7.70. The van der Waals surface area contributed by atoms with E-state index in [4.69, 9.17) is 4.52 Å². The van der Waals surface area contributed by atoms with Crippen LogP contribution in [-0.4, -0.2) is 33.8 Å². The van der Waals surface area contributed by atoms with Crippen molar-refractivity contribution in [1.82, 2.24) is 15.5 Å². The zero-order valence-corrected chi connectivity index (χ0v) is 14.8. The first-order valence-electron chi connectivity index (χ1n) is 9.30. The summed E-state index contributed by atoms with van der Waals surface area (Å²) in [5.74, 6) is 0.964. The molecule has 2 aliphatic carbocycles. The third-order valence-electron chi connectivity index (χ3n) is 5.23. The molecule has 2 aliphatic rings. The number of rotatable bonds is 7.